The number of nitrogens with zero attached hydrogens (tertiary/aromatic N) is 2. The highest BCUT2D eigenvalue weighted by Gasteiger charge is 2.20. The van der Waals surface area contributed by atoms with Crippen molar-refractivity contribution < 1.29 is 18.5 Å². The van der Waals surface area contributed by atoms with Crippen LogP contribution in [0.4, 0.5) is 5.69 Å². The molecule has 1 aromatic carbocycles. The fourth-order valence-electron chi connectivity index (χ4n) is 2.81. The van der Waals surface area contributed by atoms with Gasteiger partial charge in [0.1, 0.15) is 5.69 Å². The van der Waals surface area contributed by atoms with Crippen LogP contribution < -0.4 is 5.32 Å². The number of nitrogens with one attached hydrogen (secondary N) is 1. The van der Waals surface area contributed by atoms with Crippen molar-refractivity contribution in [3.05, 3.63) is 65.5 Å². The van der Waals surface area contributed by atoms with Gasteiger partial charge in [0.15, 0.2) is 11.5 Å². The lowest BCUT2D eigenvalue weighted by molar-refractivity contribution is 0.101. The van der Waals surface area contributed by atoms with Crippen molar-refractivity contribution in [3.63, 3.8) is 0 Å². The van der Waals surface area contributed by atoms with E-state index in [1.165, 1.54) is 13.2 Å². The number of carbonyl (C=O) groups excluding carboxylic acids is 2. The average Bonchev–Trinajstić information content (AvgIpc) is 3.32. The molecule has 7 nitrogen and oxygen atoms in total. The van der Waals surface area contributed by atoms with Crippen LogP contribution in [0.5, 0.6) is 0 Å². The molecule has 0 fully saturated rings. The average molecular weight is 361 g/mol. The second-order valence-corrected chi connectivity index (χ2v) is 6.07. The largest absolute Gasteiger partial charge is 0.463 e. The first-order valence-corrected chi connectivity index (χ1v) is 8.26. The quantitative estimate of drug-likeness (QED) is 0.546. The van der Waals surface area contributed by atoms with Crippen molar-refractivity contribution in [1.29, 1.82) is 0 Å². The summed E-state index contributed by atoms with van der Waals surface area (Å²) >= 11 is 0. The molecule has 0 radical (unpaired) electrons. The number of aryl methyl sites for hydroxylation is 1. The molecule has 3 heterocycles. The molecule has 0 aliphatic heterocycles. The topological polar surface area (TPSA) is 98.2 Å². The van der Waals surface area contributed by atoms with Crippen LogP contribution in [0.3, 0.4) is 0 Å². The second-order valence-electron chi connectivity index (χ2n) is 6.07. The number of hydrogen-bond donors (Lipinski definition) is 1. The van der Waals surface area contributed by atoms with Crippen molar-refractivity contribution >= 4 is 28.5 Å². The van der Waals surface area contributed by atoms with E-state index in [0.29, 0.717) is 39.3 Å². The molecule has 4 aromatic rings. The van der Waals surface area contributed by atoms with Gasteiger partial charge in [-0.05, 0) is 56.3 Å². The van der Waals surface area contributed by atoms with Gasteiger partial charge < -0.3 is 14.3 Å². The normalized spacial score (nSPS) is 10.9. The van der Waals surface area contributed by atoms with Crippen LogP contribution in [-0.4, -0.2) is 21.8 Å². The molecule has 0 bridgehead atoms. The van der Waals surface area contributed by atoms with Gasteiger partial charge in [-0.25, -0.2) is 4.98 Å². The zero-order valence-electron chi connectivity index (χ0n) is 14.6. The standard InChI is InChI=1S/C20H15N3O4/c1-11-18-15(19(25)21-14-7-5-13(6-8-14)12(2)24)10-16(17-4-3-9-26-17)22-20(18)27-23-11/h3-10H,1-2H3,(H,21,25). The maximum Gasteiger partial charge on any atom is 0.259 e. The van der Waals surface area contributed by atoms with Crippen LogP contribution in [0.2, 0.25) is 0 Å². The summed E-state index contributed by atoms with van der Waals surface area (Å²) in [6, 6.07) is 11.8. The fraction of sp³-hybridized carbons (Fsp3) is 0.100. The fourth-order valence-corrected chi connectivity index (χ4v) is 2.81. The molecule has 4 rings (SSSR count). The highest BCUT2D eigenvalue weighted by atomic mass is 16.5. The predicted octanol–water partition coefficient (Wildman–Crippen LogP) is 4.25. The molecule has 0 saturated heterocycles. The molecular weight excluding hydrogens is 346 g/mol. The van der Waals surface area contributed by atoms with Crippen LogP contribution in [-0.2, 0) is 0 Å². The van der Waals surface area contributed by atoms with Gasteiger partial charge in [0.2, 0.25) is 0 Å². The Kier molecular flexibility index (Phi) is 4.04. The number of carbonyl (C=O) groups is 2. The van der Waals surface area contributed by atoms with E-state index in [1.54, 1.807) is 49.4 Å². The molecule has 1 amide bonds. The Labute approximate surface area is 154 Å². The molecule has 0 unspecified atom stereocenters. The summed E-state index contributed by atoms with van der Waals surface area (Å²) in [5, 5.41) is 7.29. The Morgan fingerprint density at radius 2 is 1.89 bits per heavy atom. The molecular formula is C20H15N3O4. The summed E-state index contributed by atoms with van der Waals surface area (Å²) in [5.74, 6) is 0.148. The van der Waals surface area contributed by atoms with Crippen molar-refractivity contribution in [2.75, 3.05) is 5.32 Å². The van der Waals surface area contributed by atoms with Gasteiger partial charge in [-0.1, -0.05) is 5.16 Å². The van der Waals surface area contributed by atoms with Gasteiger partial charge in [-0.15, -0.1) is 0 Å². The number of ketones is 1. The molecule has 0 aliphatic rings. The maximum atomic E-state index is 12.9. The number of pyridine rings is 1. The van der Waals surface area contributed by atoms with E-state index in [9.17, 15) is 9.59 Å². The van der Waals surface area contributed by atoms with E-state index in [2.05, 4.69) is 15.5 Å². The SMILES string of the molecule is CC(=O)c1ccc(NC(=O)c2cc(-c3ccco3)nc3onc(C)c23)cc1. The van der Waals surface area contributed by atoms with E-state index in [-0.39, 0.29) is 17.4 Å². The van der Waals surface area contributed by atoms with E-state index >= 15 is 0 Å². The highest BCUT2D eigenvalue weighted by Crippen LogP contribution is 2.28. The lowest BCUT2D eigenvalue weighted by Gasteiger charge is -2.08. The monoisotopic (exact) mass is 361 g/mol. The number of rotatable bonds is 4. The Morgan fingerprint density at radius 3 is 2.56 bits per heavy atom. The van der Waals surface area contributed by atoms with E-state index in [4.69, 9.17) is 8.94 Å². The molecule has 0 aliphatic carbocycles. The Hall–Kier alpha value is -3.74. The smallest absolute Gasteiger partial charge is 0.259 e. The van der Waals surface area contributed by atoms with E-state index in [0.717, 1.165) is 0 Å². The first-order chi connectivity index (χ1) is 13.0. The van der Waals surface area contributed by atoms with Crippen LogP contribution in [0.1, 0.15) is 33.3 Å². The van der Waals surface area contributed by atoms with Crippen LogP contribution >= 0.6 is 0 Å². The minimum atomic E-state index is -0.336. The lowest BCUT2D eigenvalue weighted by atomic mass is 10.1. The van der Waals surface area contributed by atoms with Crippen molar-refractivity contribution in [2.24, 2.45) is 0 Å². The highest BCUT2D eigenvalue weighted by molar-refractivity contribution is 6.13. The van der Waals surface area contributed by atoms with Crippen molar-refractivity contribution in [3.8, 4) is 11.5 Å². The molecule has 1 N–H and O–H groups in total. The number of amides is 1. The molecule has 7 heteroatoms. The third-order valence-corrected chi connectivity index (χ3v) is 4.18. The number of anilines is 1. The van der Waals surface area contributed by atoms with Crippen molar-refractivity contribution in [1.82, 2.24) is 10.1 Å². The number of aromatic nitrogens is 2. The molecule has 27 heavy (non-hydrogen) atoms. The van der Waals surface area contributed by atoms with Gasteiger partial charge in [0.05, 0.1) is 22.9 Å². The van der Waals surface area contributed by atoms with E-state index < -0.39 is 0 Å². The number of fused-ring (bicyclic) bond motifs is 1. The molecule has 134 valence electrons. The second kappa shape index (κ2) is 6.53. The Bertz CT molecular complexity index is 1140. The van der Waals surface area contributed by atoms with Crippen LogP contribution in [0.15, 0.2) is 57.7 Å². The van der Waals surface area contributed by atoms with Gasteiger partial charge in [0.25, 0.3) is 11.6 Å². The lowest BCUT2D eigenvalue weighted by Crippen LogP contribution is -2.13. The summed E-state index contributed by atoms with van der Waals surface area (Å²) in [6.45, 7) is 3.24. The first-order valence-electron chi connectivity index (χ1n) is 8.26. The third-order valence-electron chi connectivity index (χ3n) is 4.18. The zero-order chi connectivity index (χ0) is 19.0. The van der Waals surface area contributed by atoms with E-state index in [1.807, 2.05) is 0 Å². The summed E-state index contributed by atoms with van der Waals surface area (Å²) in [7, 11) is 0. The predicted molar refractivity (Wildman–Crippen MR) is 98.6 cm³/mol. The maximum absolute atomic E-state index is 12.9. The van der Waals surface area contributed by atoms with Crippen molar-refractivity contribution in [2.45, 2.75) is 13.8 Å². The van der Waals surface area contributed by atoms with Gasteiger partial charge in [-0.2, -0.15) is 0 Å². The number of benzene rings is 1. The first kappa shape index (κ1) is 16.7. The summed E-state index contributed by atoms with van der Waals surface area (Å²) < 4.78 is 10.6. The number of furan rings is 1. The summed E-state index contributed by atoms with van der Waals surface area (Å²) in [6.07, 6.45) is 1.53. The minimum absolute atomic E-state index is 0.0353. The Morgan fingerprint density at radius 1 is 1.11 bits per heavy atom. The number of hydrogen-bond acceptors (Lipinski definition) is 6. The molecule has 3 aromatic heterocycles. The summed E-state index contributed by atoms with van der Waals surface area (Å²) in [5.41, 5.74) is 2.83. The number of Topliss-reactive ketones (excluding diaryl/α,β-unsaturated/α-hetero) is 1. The molecule has 0 saturated carbocycles. The molecule has 0 spiro atoms. The molecule has 0 atom stereocenters. The minimum Gasteiger partial charge on any atom is -0.463 e. The van der Waals surface area contributed by atoms with Gasteiger partial charge >= 0.3 is 0 Å². The van der Waals surface area contributed by atoms with Gasteiger partial charge in [-0.3, -0.25) is 9.59 Å². The third kappa shape index (κ3) is 3.10. The van der Waals surface area contributed by atoms with Crippen LogP contribution in [0, 0.1) is 6.92 Å². The Balaban J connectivity index is 1.74. The zero-order valence-corrected chi connectivity index (χ0v) is 14.6. The van der Waals surface area contributed by atoms with Crippen LogP contribution in [0.25, 0.3) is 22.6 Å². The summed E-state index contributed by atoms with van der Waals surface area (Å²) in [4.78, 5) is 28.7. The van der Waals surface area contributed by atoms with Gasteiger partial charge in [0, 0.05) is 11.3 Å².